The van der Waals surface area contributed by atoms with Crippen LogP contribution in [0.15, 0.2) is 47.9 Å². The first-order valence-corrected chi connectivity index (χ1v) is 7.70. The van der Waals surface area contributed by atoms with E-state index in [0.717, 1.165) is 18.8 Å². The summed E-state index contributed by atoms with van der Waals surface area (Å²) in [6.07, 6.45) is 5.69. The number of thioether (sulfide) groups is 1. The Balaban J connectivity index is 1.81. The zero-order valence-electron chi connectivity index (χ0n) is 11.5. The van der Waals surface area contributed by atoms with Gasteiger partial charge < -0.3 is 9.88 Å². The van der Waals surface area contributed by atoms with E-state index in [1.807, 2.05) is 30.5 Å². The molecule has 0 saturated carbocycles. The van der Waals surface area contributed by atoms with Crippen LogP contribution in [0.4, 0.5) is 0 Å². The third-order valence-electron chi connectivity index (χ3n) is 3.07. The topological polar surface area (TPSA) is 29.9 Å². The van der Waals surface area contributed by atoms with Crippen LogP contribution < -0.4 is 5.32 Å². The van der Waals surface area contributed by atoms with Gasteiger partial charge in [-0.25, -0.2) is 4.98 Å². The Kier molecular flexibility index (Phi) is 5.48. The Morgan fingerprint density at radius 3 is 2.74 bits per heavy atom. The molecule has 0 radical (unpaired) electrons. The van der Waals surface area contributed by atoms with Crippen molar-refractivity contribution in [2.45, 2.75) is 31.3 Å². The van der Waals surface area contributed by atoms with Crippen LogP contribution in [0, 0.1) is 0 Å². The first-order chi connectivity index (χ1) is 9.29. The number of hydrogen-bond acceptors (Lipinski definition) is 3. The predicted octanol–water partition coefficient (Wildman–Crippen LogP) is 3.35. The molecule has 1 N–H and O–H groups in total. The van der Waals surface area contributed by atoms with E-state index in [1.54, 1.807) is 0 Å². The molecule has 1 atom stereocenters. The number of nitrogens with one attached hydrogen (secondary N) is 1. The molecule has 0 amide bonds. The van der Waals surface area contributed by atoms with Crippen molar-refractivity contribution in [2.75, 3.05) is 12.3 Å². The van der Waals surface area contributed by atoms with Crippen molar-refractivity contribution >= 4 is 11.8 Å². The van der Waals surface area contributed by atoms with Crippen molar-refractivity contribution < 1.29 is 0 Å². The molecule has 2 rings (SSSR count). The quantitative estimate of drug-likeness (QED) is 0.786. The van der Waals surface area contributed by atoms with E-state index in [1.165, 1.54) is 10.5 Å². The lowest BCUT2D eigenvalue weighted by molar-refractivity contribution is 0.598. The summed E-state index contributed by atoms with van der Waals surface area (Å²) in [6, 6.07) is 9.28. The number of imidazole rings is 1. The lowest BCUT2D eigenvalue weighted by atomic mass is 10.1. The van der Waals surface area contributed by atoms with Gasteiger partial charge in [-0.2, -0.15) is 0 Å². The Morgan fingerprint density at radius 1 is 1.32 bits per heavy atom. The third-order valence-corrected chi connectivity index (χ3v) is 4.06. The van der Waals surface area contributed by atoms with Gasteiger partial charge in [0.15, 0.2) is 0 Å². The van der Waals surface area contributed by atoms with Crippen molar-refractivity contribution in [1.82, 2.24) is 14.9 Å². The molecule has 0 fully saturated rings. The molecule has 1 aromatic carbocycles. The second-order valence-corrected chi connectivity index (χ2v) is 5.67. The Morgan fingerprint density at radius 2 is 2.11 bits per heavy atom. The highest BCUT2D eigenvalue weighted by molar-refractivity contribution is 7.99. The van der Waals surface area contributed by atoms with E-state index in [-0.39, 0.29) is 0 Å². The van der Waals surface area contributed by atoms with Gasteiger partial charge in [-0.3, -0.25) is 0 Å². The molecule has 0 saturated heterocycles. The van der Waals surface area contributed by atoms with E-state index in [4.69, 9.17) is 0 Å². The summed E-state index contributed by atoms with van der Waals surface area (Å²) in [4.78, 5) is 5.37. The highest BCUT2D eigenvalue weighted by Crippen LogP contribution is 2.21. The second kappa shape index (κ2) is 7.36. The van der Waals surface area contributed by atoms with Crippen molar-refractivity contribution in [3.63, 3.8) is 0 Å². The van der Waals surface area contributed by atoms with Gasteiger partial charge in [0.25, 0.3) is 0 Å². The molecule has 0 bridgehead atoms. The summed E-state index contributed by atoms with van der Waals surface area (Å²) in [5.74, 6) is 1.07. The fraction of sp³-hybridized carbons (Fsp3) is 0.400. The molecule has 1 heterocycles. The van der Waals surface area contributed by atoms with Crippen LogP contribution in [-0.2, 0) is 6.54 Å². The highest BCUT2D eigenvalue weighted by atomic mass is 32.2. The molecule has 0 spiro atoms. The summed E-state index contributed by atoms with van der Waals surface area (Å²) in [5.41, 5.74) is 1.35. The van der Waals surface area contributed by atoms with Crippen molar-refractivity contribution in [1.29, 1.82) is 0 Å². The normalized spacial score (nSPS) is 12.5. The molecule has 1 unspecified atom stereocenters. The van der Waals surface area contributed by atoms with E-state index in [9.17, 15) is 0 Å². The number of aromatic nitrogens is 2. The SMILES string of the molecule is CCNC(C)c1ccc(SCCn2ccnc2)cc1. The molecular formula is C15H21N3S. The summed E-state index contributed by atoms with van der Waals surface area (Å²) in [5, 5.41) is 3.43. The van der Waals surface area contributed by atoms with Gasteiger partial charge in [0.1, 0.15) is 0 Å². The molecule has 2 aromatic rings. The lowest BCUT2D eigenvalue weighted by Gasteiger charge is -2.13. The van der Waals surface area contributed by atoms with Gasteiger partial charge in [-0.05, 0) is 31.2 Å². The Hall–Kier alpha value is -1.26. The summed E-state index contributed by atoms with van der Waals surface area (Å²) in [7, 11) is 0. The Bertz CT molecular complexity index is 465. The predicted molar refractivity (Wildman–Crippen MR) is 81.5 cm³/mol. The summed E-state index contributed by atoms with van der Waals surface area (Å²) < 4.78 is 2.11. The largest absolute Gasteiger partial charge is 0.337 e. The molecule has 0 aliphatic carbocycles. The van der Waals surface area contributed by atoms with Crippen LogP contribution >= 0.6 is 11.8 Å². The molecule has 0 aliphatic heterocycles. The van der Waals surface area contributed by atoms with Gasteiger partial charge in [0.2, 0.25) is 0 Å². The van der Waals surface area contributed by atoms with Crippen LogP contribution in [0.1, 0.15) is 25.5 Å². The minimum absolute atomic E-state index is 0.426. The standard InChI is InChI=1S/C15H21N3S/c1-3-17-13(2)14-4-6-15(7-5-14)19-11-10-18-9-8-16-12-18/h4-9,12-13,17H,3,10-11H2,1-2H3. The first kappa shape index (κ1) is 14.2. The maximum absolute atomic E-state index is 4.04. The number of benzene rings is 1. The average molecular weight is 275 g/mol. The highest BCUT2D eigenvalue weighted by Gasteiger charge is 2.03. The van der Waals surface area contributed by atoms with Crippen LogP contribution in [-0.4, -0.2) is 21.8 Å². The van der Waals surface area contributed by atoms with E-state index in [0.29, 0.717) is 6.04 Å². The maximum atomic E-state index is 4.04. The number of nitrogens with zero attached hydrogens (tertiary/aromatic N) is 2. The van der Waals surface area contributed by atoms with E-state index >= 15 is 0 Å². The summed E-state index contributed by atoms with van der Waals surface area (Å²) >= 11 is 1.88. The minimum atomic E-state index is 0.426. The maximum Gasteiger partial charge on any atom is 0.0946 e. The van der Waals surface area contributed by atoms with Gasteiger partial charge in [0, 0.05) is 35.6 Å². The number of rotatable bonds is 7. The third kappa shape index (κ3) is 4.40. The molecule has 102 valence electrons. The van der Waals surface area contributed by atoms with Crippen molar-refractivity contribution in [3.05, 3.63) is 48.5 Å². The van der Waals surface area contributed by atoms with Crippen LogP contribution in [0.25, 0.3) is 0 Å². The summed E-state index contributed by atoms with van der Waals surface area (Å²) in [6.45, 7) is 6.34. The average Bonchev–Trinajstić information content (AvgIpc) is 2.93. The molecule has 1 aromatic heterocycles. The molecule has 19 heavy (non-hydrogen) atoms. The monoisotopic (exact) mass is 275 g/mol. The zero-order valence-corrected chi connectivity index (χ0v) is 12.4. The zero-order chi connectivity index (χ0) is 13.5. The number of aryl methyl sites for hydroxylation is 1. The number of hydrogen-bond donors (Lipinski definition) is 1. The fourth-order valence-electron chi connectivity index (χ4n) is 1.96. The van der Waals surface area contributed by atoms with Crippen molar-refractivity contribution in [3.8, 4) is 0 Å². The van der Waals surface area contributed by atoms with E-state index < -0.39 is 0 Å². The van der Waals surface area contributed by atoms with E-state index in [2.05, 4.69) is 53.0 Å². The first-order valence-electron chi connectivity index (χ1n) is 6.71. The molecule has 3 nitrogen and oxygen atoms in total. The van der Waals surface area contributed by atoms with Crippen molar-refractivity contribution in [2.24, 2.45) is 0 Å². The van der Waals surface area contributed by atoms with Crippen LogP contribution in [0.3, 0.4) is 0 Å². The van der Waals surface area contributed by atoms with Crippen LogP contribution in [0.5, 0.6) is 0 Å². The van der Waals surface area contributed by atoms with Gasteiger partial charge in [-0.1, -0.05) is 19.1 Å². The molecule has 0 aliphatic rings. The van der Waals surface area contributed by atoms with Gasteiger partial charge in [0.05, 0.1) is 6.33 Å². The lowest BCUT2D eigenvalue weighted by Crippen LogP contribution is -2.17. The molecular weight excluding hydrogens is 254 g/mol. The smallest absolute Gasteiger partial charge is 0.0946 e. The van der Waals surface area contributed by atoms with Gasteiger partial charge in [-0.15, -0.1) is 11.8 Å². The van der Waals surface area contributed by atoms with Crippen LogP contribution in [0.2, 0.25) is 0 Å². The fourth-order valence-corrected chi connectivity index (χ4v) is 2.83. The Labute approximate surface area is 119 Å². The second-order valence-electron chi connectivity index (χ2n) is 4.50. The minimum Gasteiger partial charge on any atom is -0.337 e. The molecule has 4 heteroatoms. The van der Waals surface area contributed by atoms with Gasteiger partial charge >= 0.3 is 0 Å².